The van der Waals surface area contributed by atoms with Crippen molar-refractivity contribution in [1.82, 2.24) is 0 Å². The Morgan fingerprint density at radius 2 is 1.75 bits per heavy atom. The van der Waals surface area contributed by atoms with Crippen molar-refractivity contribution in [3.8, 4) is 0 Å². The van der Waals surface area contributed by atoms with Crippen LogP contribution in [-0.2, 0) is 25.5 Å². The molecule has 0 atom stereocenters. The number of carbonyl (C=O) groups excluding carboxylic acids is 1. The Bertz CT molecular complexity index is 561. The second-order valence-electron chi connectivity index (χ2n) is 4.02. The molecule has 0 amide bonds. The molecule has 0 unspecified atom stereocenters. The van der Waals surface area contributed by atoms with Crippen molar-refractivity contribution in [2.24, 2.45) is 0 Å². The van der Waals surface area contributed by atoms with Gasteiger partial charge in [-0.25, -0.2) is 8.42 Å². The van der Waals surface area contributed by atoms with Gasteiger partial charge in [0.1, 0.15) is 0 Å². The summed E-state index contributed by atoms with van der Waals surface area (Å²) in [6, 6.07) is 3.26. The molecule has 0 saturated heterocycles. The lowest BCUT2D eigenvalue weighted by atomic mass is 10.2. The molecule has 1 aromatic carbocycles. The van der Waals surface area contributed by atoms with E-state index in [2.05, 4.69) is 4.74 Å². The Balaban J connectivity index is 2.76. The number of ether oxygens (including phenoxy) is 1. The molecule has 0 aliphatic heterocycles. The molecule has 0 aromatic heterocycles. The summed E-state index contributed by atoms with van der Waals surface area (Å²) < 4.78 is 65.1. The minimum atomic E-state index is -4.51. The molecule has 112 valence electrons. The van der Waals surface area contributed by atoms with E-state index >= 15 is 0 Å². The minimum Gasteiger partial charge on any atom is -0.469 e. The van der Waals surface area contributed by atoms with Crippen molar-refractivity contribution >= 4 is 15.8 Å². The molecule has 0 bridgehead atoms. The van der Waals surface area contributed by atoms with E-state index < -0.39 is 27.5 Å². The van der Waals surface area contributed by atoms with Crippen LogP contribution < -0.4 is 0 Å². The number of benzene rings is 1. The van der Waals surface area contributed by atoms with Gasteiger partial charge in [-0.1, -0.05) is 0 Å². The highest BCUT2D eigenvalue weighted by molar-refractivity contribution is 7.91. The number of halogens is 3. The fourth-order valence-corrected chi connectivity index (χ4v) is 2.79. The van der Waals surface area contributed by atoms with E-state index in [1.54, 1.807) is 0 Å². The van der Waals surface area contributed by atoms with Gasteiger partial charge in [0.15, 0.2) is 9.84 Å². The van der Waals surface area contributed by atoms with Crippen molar-refractivity contribution in [3.63, 3.8) is 0 Å². The van der Waals surface area contributed by atoms with Gasteiger partial charge in [0.05, 0.1) is 23.3 Å². The van der Waals surface area contributed by atoms with Gasteiger partial charge < -0.3 is 4.74 Å². The maximum absolute atomic E-state index is 12.3. The van der Waals surface area contributed by atoms with Crippen LogP contribution in [0.5, 0.6) is 0 Å². The zero-order valence-corrected chi connectivity index (χ0v) is 11.4. The standard InChI is InChI=1S/C12H13F3O4S/c1-19-11(16)3-2-8-20(17,18)10-6-4-9(5-7-10)12(13,14)15/h4-7H,2-3,8H2,1H3. The summed E-state index contributed by atoms with van der Waals surface area (Å²) >= 11 is 0. The topological polar surface area (TPSA) is 60.4 Å². The highest BCUT2D eigenvalue weighted by Gasteiger charge is 2.30. The van der Waals surface area contributed by atoms with Crippen molar-refractivity contribution in [3.05, 3.63) is 29.8 Å². The Morgan fingerprint density at radius 3 is 2.20 bits per heavy atom. The van der Waals surface area contributed by atoms with E-state index in [0.717, 1.165) is 12.1 Å². The van der Waals surface area contributed by atoms with Crippen LogP contribution in [0.3, 0.4) is 0 Å². The monoisotopic (exact) mass is 310 g/mol. The van der Waals surface area contributed by atoms with E-state index in [9.17, 15) is 26.4 Å². The average molecular weight is 310 g/mol. The van der Waals surface area contributed by atoms with E-state index in [1.165, 1.54) is 7.11 Å². The lowest BCUT2D eigenvalue weighted by Gasteiger charge is -2.08. The van der Waals surface area contributed by atoms with E-state index in [4.69, 9.17) is 0 Å². The summed E-state index contributed by atoms with van der Waals surface area (Å²) in [7, 11) is -2.51. The van der Waals surface area contributed by atoms with Crippen LogP contribution in [0.4, 0.5) is 13.2 Å². The zero-order chi connectivity index (χ0) is 15.4. The number of alkyl halides is 3. The normalized spacial score (nSPS) is 12.2. The van der Waals surface area contributed by atoms with Crippen molar-refractivity contribution in [2.45, 2.75) is 23.9 Å². The molecule has 0 aliphatic carbocycles. The number of sulfone groups is 1. The molecule has 8 heteroatoms. The number of hydrogen-bond acceptors (Lipinski definition) is 4. The number of hydrogen-bond donors (Lipinski definition) is 0. The summed E-state index contributed by atoms with van der Waals surface area (Å²) in [6.07, 6.45) is -4.51. The quantitative estimate of drug-likeness (QED) is 0.784. The van der Waals surface area contributed by atoms with Crippen LogP contribution in [0.1, 0.15) is 18.4 Å². The lowest BCUT2D eigenvalue weighted by Crippen LogP contribution is -2.10. The van der Waals surface area contributed by atoms with Gasteiger partial charge in [0.25, 0.3) is 0 Å². The fourth-order valence-electron chi connectivity index (χ4n) is 1.48. The molecule has 0 saturated carbocycles. The largest absolute Gasteiger partial charge is 0.469 e. The van der Waals surface area contributed by atoms with Gasteiger partial charge in [-0.05, 0) is 30.7 Å². The van der Waals surface area contributed by atoms with Crippen LogP contribution in [0.15, 0.2) is 29.2 Å². The first kappa shape index (κ1) is 16.5. The highest BCUT2D eigenvalue weighted by Crippen LogP contribution is 2.29. The molecule has 0 aliphatic rings. The molecular weight excluding hydrogens is 297 g/mol. The molecule has 4 nitrogen and oxygen atoms in total. The number of carbonyl (C=O) groups is 1. The molecule has 0 radical (unpaired) electrons. The zero-order valence-electron chi connectivity index (χ0n) is 10.6. The lowest BCUT2D eigenvalue weighted by molar-refractivity contribution is -0.140. The fraction of sp³-hybridized carbons (Fsp3) is 0.417. The maximum atomic E-state index is 12.3. The number of methoxy groups -OCH3 is 1. The van der Waals surface area contributed by atoms with Crippen LogP contribution in [0, 0.1) is 0 Å². The van der Waals surface area contributed by atoms with Crippen LogP contribution in [0.25, 0.3) is 0 Å². The predicted octanol–water partition coefficient (Wildman–Crippen LogP) is 2.43. The predicted molar refractivity (Wildman–Crippen MR) is 64.7 cm³/mol. The Hall–Kier alpha value is -1.57. The molecule has 0 heterocycles. The molecule has 0 spiro atoms. The van der Waals surface area contributed by atoms with Crippen LogP contribution >= 0.6 is 0 Å². The van der Waals surface area contributed by atoms with Crippen molar-refractivity contribution in [1.29, 1.82) is 0 Å². The summed E-state index contributed by atoms with van der Waals surface area (Å²) in [4.78, 5) is 10.6. The Labute approximate surface area is 114 Å². The molecule has 20 heavy (non-hydrogen) atoms. The maximum Gasteiger partial charge on any atom is 0.416 e. The van der Waals surface area contributed by atoms with Crippen molar-refractivity contribution in [2.75, 3.05) is 12.9 Å². The third-order valence-corrected chi connectivity index (χ3v) is 4.38. The summed E-state index contributed by atoms with van der Waals surface area (Å²) in [5.74, 6) is -0.861. The highest BCUT2D eigenvalue weighted by atomic mass is 32.2. The minimum absolute atomic E-state index is 0.0516. The summed E-state index contributed by atoms with van der Waals surface area (Å²) in [5, 5.41) is 0. The first-order chi connectivity index (χ1) is 9.16. The van der Waals surface area contributed by atoms with E-state index in [-0.39, 0.29) is 23.5 Å². The second-order valence-corrected chi connectivity index (χ2v) is 6.13. The Kier molecular flexibility index (Phi) is 5.15. The number of esters is 1. The third kappa shape index (κ3) is 4.52. The van der Waals surface area contributed by atoms with Gasteiger partial charge in [-0.3, -0.25) is 4.79 Å². The molecule has 0 fully saturated rings. The molecular formula is C12H13F3O4S. The van der Waals surface area contributed by atoms with Gasteiger partial charge in [0, 0.05) is 6.42 Å². The molecule has 1 rings (SSSR count). The third-order valence-electron chi connectivity index (χ3n) is 2.56. The van der Waals surface area contributed by atoms with E-state index in [0.29, 0.717) is 12.1 Å². The summed E-state index contributed by atoms with van der Waals surface area (Å²) in [5.41, 5.74) is -0.911. The van der Waals surface area contributed by atoms with E-state index in [1.807, 2.05) is 0 Å². The van der Waals surface area contributed by atoms with Crippen LogP contribution in [-0.4, -0.2) is 27.2 Å². The molecule has 0 N–H and O–H groups in total. The smallest absolute Gasteiger partial charge is 0.416 e. The average Bonchev–Trinajstić information content (AvgIpc) is 2.37. The first-order valence-corrected chi connectivity index (χ1v) is 7.29. The summed E-state index contributed by atoms with van der Waals surface area (Å²) in [6.45, 7) is 0. The van der Waals surface area contributed by atoms with Gasteiger partial charge in [-0.2, -0.15) is 13.2 Å². The van der Waals surface area contributed by atoms with Crippen LogP contribution in [0.2, 0.25) is 0 Å². The molecule has 1 aromatic rings. The van der Waals surface area contributed by atoms with Crippen molar-refractivity contribution < 1.29 is 31.1 Å². The second kappa shape index (κ2) is 6.25. The Morgan fingerprint density at radius 1 is 1.20 bits per heavy atom. The van der Waals surface area contributed by atoms with Gasteiger partial charge in [-0.15, -0.1) is 0 Å². The number of rotatable bonds is 5. The SMILES string of the molecule is COC(=O)CCCS(=O)(=O)c1ccc(C(F)(F)F)cc1. The van der Waals surface area contributed by atoms with Gasteiger partial charge in [0.2, 0.25) is 0 Å². The van der Waals surface area contributed by atoms with Gasteiger partial charge >= 0.3 is 12.1 Å². The first-order valence-electron chi connectivity index (χ1n) is 5.63.